The van der Waals surface area contributed by atoms with Crippen molar-refractivity contribution in [2.75, 3.05) is 0 Å². The summed E-state index contributed by atoms with van der Waals surface area (Å²) in [5.41, 5.74) is -0.0217. The summed E-state index contributed by atoms with van der Waals surface area (Å²) in [7, 11) is 0. The third-order valence-electron chi connectivity index (χ3n) is 8.66. The van der Waals surface area contributed by atoms with Crippen LogP contribution in [0.15, 0.2) is 0 Å². The molecule has 0 radical (unpaired) electrons. The van der Waals surface area contributed by atoms with Gasteiger partial charge in [-0.1, -0.05) is 13.8 Å². The third-order valence-corrected chi connectivity index (χ3v) is 8.66. The van der Waals surface area contributed by atoms with Crippen molar-refractivity contribution in [3.63, 3.8) is 0 Å². The second-order valence-electron chi connectivity index (χ2n) is 9.78. The molecule has 0 aromatic heterocycles. The van der Waals surface area contributed by atoms with Crippen LogP contribution in [0, 0.1) is 34.5 Å². The van der Waals surface area contributed by atoms with Crippen molar-refractivity contribution < 1.29 is 9.90 Å². The highest BCUT2D eigenvalue weighted by molar-refractivity contribution is 5.87. The molecule has 0 aromatic rings. The van der Waals surface area contributed by atoms with Gasteiger partial charge >= 0.3 is 0 Å². The number of fused-ring (bicyclic) bond motifs is 5. The van der Waals surface area contributed by atoms with E-state index in [1.807, 2.05) is 6.92 Å². The van der Waals surface area contributed by atoms with Gasteiger partial charge in [-0.3, -0.25) is 4.79 Å². The SMILES string of the molecule is C[C@]1(O)CC[C@@]2(C)[C@@H](CC[C@H]3C4CCC(=O)[C@@]4(C)CC[C@@H]32)C1. The molecule has 4 aliphatic carbocycles. The fourth-order valence-corrected chi connectivity index (χ4v) is 7.20. The van der Waals surface area contributed by atoms with Gasteiger partial charge in [-0.05, 0) is 87.4 Å². The molecule has 0 bridgehead atoms. The van der Waals surface area contributed by atoms with Crippen molar-refractivity contribution in [1.29, 1.82) is 0 Å². The first-order chi connectivity index (χ1) is 10.3. The number of carbonyl (C=O) groups is 1. The van der Waals surface area contributed by atoms with Gasteiger partial charge in [0, 0.05) is 11.8 Å². The summed E-state index contributed by atoms with van der Waals surface area (Å²) in [6, 6.07) is 0. The maximum atomic E-state index is 12.4. The minimum absolute atomic E-state index is 0.00449. The Morgan fingerprint density at radius 2 is 1.73 bits per heavy atom. The number of carbonyl (C=O) groups excluding carboxylic acids is 1. The van der Waals surface area contributed by atoms with Gasteiger partial charge in [-0.25, -0.2) is 0 Å². The van der Waals surface area contributed by atoms with Gasteiger partial charge in [0.25, 0.3) is 0 Å². The fourth-order valence-electron chi connectivity index (χ4n) is 7.20. The summed E-state index contributed by atoms with van der Waals surface area (Å²) in [5.74, 6) is 3.47. The lowest BCUT2D eigenvalue weighted by Crippen LogP contribution is -2.55. The molecule has 7 atom stereocenters. The quantitative estimate of drug-likeness (QED) is 0.722. The molecule has 4 saturated carbocycles. The predicted octanol–water partition coefficient (Wildman–Crippen LogP) is 4.35. The van der Waals surface area contributed by atoms with Crippen LogP contribution in [0.1, 0.15) is 78.6 Å². The van der Waals surface area contributed by atoms with Gasteiger partial charge in [0.05, 0.1) is 5.60 Å². The molecule has 124 valence electrons. The van der Waals surface area contributed by atoms with Crippen molar-refractivity contribution >= 4 is 5.78 Å². The molecule has 0 aromatic carbocycles. The molecule has 4 rings (SSSR count). The molecule has 2 heteroatoms. The van der Waals surface area contributed by atoms with Crippen molar-refractivity contribution in [2.45, 2.75) is 84.2 Å². The van der Waals surface area contributed by atoms with Crippen LogP contribution in [0.2, 0.25) is 0 Å². The van der Waals surface area contributed by atoms with Crippen LogP contribution in [0.25, 0.3) is 0 Å². The van der Waals surface area contributed by atoms with Crippen molar-refractivity contribution in [2.24, 2.45) is 34.5 Å². The summed E-state index contributed by atoms with van der Waals surface area (Å²) < 4.78 is 0. The summed E-state index contributed by atoms with van der Waals surface area (Å²) >= 11 is 0. The van der Waals surface area contributed by atoms with Crippen LogP contribution in [-0.2, 0) is 4.79 Å². The average molecular weight is 304 g/mol. The van der Waals surface area contributed by atoms with E-state index < -0.39 is 5.60 Å². The largest absolute Gasteiger partial charge is 0.390 e. The number of ketones is 1. The summed E-state index contributed by atoms with van der Waals surface area (Å²) in [5, 5.41) is 10.5. The van der Waals surface area contributed by atoms with E-state index in [1.165, 1.54) is 25.7 Å². The van der Waals surface area contributed by atoms with E-state index in [4.69, 9.17) is 0 Å². The van der Waals surface area contributed by atoms with Gasteiger partial charge in [-0.2, -0.15) is 0 Å². The first-order valence-corrected chi connectivity index (χ1v) is 9.52. The zero-order valence-electron chi connectivity index (χ0n) is 14.5. The predicted molar refractivity (Wildman–Crippen MR) is 87.4 cm³/mol. The molecule has 0 aliphatic heterocycles. The van der Waals surface area contributed by atoms with E-state index in [-0.39, 0.29) is 5.41 Å². The topological polar surface area (TPSA) is 37.3 Å². The highest BCUT2D eigenvalue weighted by atomic mass is 16.3. The van der Waals surface area contributed by atoms with E-state index in [9.17, 15) is 9.90 Å². The number of Topliss-reactive ketones (excluding diaryl/α,β-unsaturated/α-hetero) is 1. The van der Waals surface area contributed by atoms with Crippen LogP contribution >= 0.6 is 0 Å². The number of rotatable bonds is 0. The molecule has 1 N–H and O–H groups in total. The molecule has 4 fully saturated rings. The molecule has 0 spiro atoms. The van der Waals surface area contributed by atoms with Gasteiger partial charge < -0.3 is 5.11 Å². The Hall–Kier alpha value is -0.370. The molecule has 0 amide bonds. The molecule has 4 aliphatic rings. The van der Waals surface area contributed by atoms with E-state index >= 15 is 0 Å². The van der Waals surface area contributed by atoms with Gasteiger partial charge in [0.15, 0.2) is 0 Å². The monoisotopic (exact) mass is 304 g/mol. The standard InChI is InChI=1S/C20H32O2/c1-18(22)10-11-19(2)13(12-18)4-5-14-15-6-7-17(21)20(15,3)9-8-16(14)19/h13-16,22H,4-12H2,1-3H3/t13-,14-,15?,16-,18-,19-,20-/m0/s1. The van der Waals surface area contributed by atoms with E-state index in [1.54, 1.807) is 0 Å². The van der Waals surface area contributed by atoms with Crippen LogP contribution in [0.3, 0.4) is 0 Å². The lowest BCUT2D eigenvalue weighted by molar-refractivity contribution is -0.151. The number of aliphatic hydroxyl groups is 1. The Labute approximate surface area is 135 Å². The Bertz CT molecular complexity index is 496. The highest BCUT2D eigenvalue weighted by Crippen LogP contribution is 2.66. The average Bonchev–Trinajstić information content (AvgIpc) is 2.76. The van der Waals surface area contributed by atoms with Crippen LogP contribution in [-0.4, -0.2) is 16.5 Å². The lowest BCUT2D eigenvalue weighted by Gasteiger charge is -2.61. The Morgan fingerprint density at radius 1 is 0.955 bits per heavy atom. The maximum absolute atomic E-state index is 12.4. The molecule has 0 heterocycles. The first-order valence-electron chi connectivity index (χ1n) is 9.52. The zero-order valence-corrected chi connectivity index (χ0v) is 14.5. The second-order valence-corrected chi connectivity index (χ2v) is 9.78. The van der Waals surface area contributed by atoms with Crippen LogP contribution < -0.4 is 0 Å². The van der Waals surface area contributed by atoms with Crippen molar-refractivity contribution in [1.82, 2.24) is 0 Å². The summed E-state index contributed by atoms with van der Waals surface area (Å²) in [6.45, 7) is 6.82. The van der Waals surface area contributed by atoms with E-state index in [2.05, 4.69) is 13.8 Å². The summed E-state index contributed by atoms with van der Waals surface area (Å²) in [6.07, 6.45) is 10.1. The molecule has 2 nitrogen and oxygen atoms in total. The van der Waals surface area contributed by atoms with Gasteiger partial charge in [0.2, 0.25) is 0 Å². The molecule has 22 heavy (non-hydrogen) atoms. The summed E-state index contributed by atoms with van der Waals surface area (Å²) in [4.78, 5) is 12.4. The fraction of sp³-hybridized carbons (Fsp3) is 0.950. The second kappa shape index (κ2) is 4.59. The maximum Gasteiger partial charge on any atom is 0.139 e. The number of hydrogen-bond acceptors (Lipinski definition) is 2. The van der Waals surface area contributed by atoms with Crippen molar-refractivity contribution in [3.05, 3.63) is 0 Å². The lowest BCUT2D eigenvalue weighted by atomic mass is 9.44. The third kappa shape index (κ3) is 1.92. The molecule has 1 unspecified atom stereocenters. The highest BCUT2D eigenvalue weighted by Gasteiger charge is 2.60. The smallest absolute Gasteiger partial charge is 0.139 e. The minimum Gasteiger partial charge on any atom is -0.390 e. The molecular weight excluding hydrogens is 272 g/mol. The van der Waals surface area contributed by atoms with Crippen molar-refractivity contribution in [3.8, 4) is 0 Å². The Balaban J connectivity index is 1.63. The normalized spacial score (nSPS) is 57.9. The first kappa shape index (κ1) is 15.2. The van der Waals surface area contributed by atoms with Crippen LogP contribution in [0.4, 0.5) is 0 Å². The van der Waals surface area contributed by atoms with E-state index in [0.29, 0.717) is 23.0 Å². The van der Waals surface area contributed by atoms with Gasteiger partial charge in [-0.15, -0.1) is 0 Å². The minimum atomic E-state index is -0.441. The Morgan fingerprint density at radius 3 is 2.50 bits per heavy atom. The van der Waals surface area contributed by atoms with E-state index in [0.717, 1.165) is 43.9 Å². The van der Waals surface area contributed by atoms with Gasteiger partial charge in [0.1, 0.15) is 5.78 Å². The van der Waals surface area contributed by atoms with Crippen LogP contribution in [0.5, 0.6) is 0 Å². The Kier molecular flexibility index (Phi) is 3.16. The molecular formula is C20H32O2. The zero-order chi connectivity index (χ0) is 15.8. The molecule has 0 saturated heterocycles. The number of hydrogen-bond donors (Lipinski definition) is 1.